The number of pyridine rings is 2. The SMILES string of the molecule is COc1ccc(C(=O)Nc2c(Cl)cncc2Cl)n2c(Cl)c(CO[S+](C(C)(C)C)C(C)(C)C)nc12. The van der Waals surface area contributed by atoms with Gasteiger partial charge in [-0.3, -0.25) is 14.2 Å². The quantitative estimate of drug-likeness (QED) is 0.353. The Bertz CT molecular complexity index is 1180. The van der Waals surface area contributed by atoms with Gasteiger partial charge in [-0.15, -0.1) is 0 Å². The summed E-state index contributed by atoms with van der Waals surface area (Å²) in [7, 11) is 1.53. The molecule has 184 valence electrons. The average Bonchev–Trinajstić information content (AvgIpc) is 3.05. The highest BCUT2D eigenvalue weighted by Crippen LogP contribution is 2.35. The van der Waals surface area contributed by atoms with E-state index in [1.807, 2.05) is 0 Å². The number of ether oxygens (including phenoxy) is 1. The molecule has 0 aliphatic rings. The van der Waals surface area contributed by atoms with E-state index in [1.54, 1.807) is 12.1 Å². The monoisotopic (exact) mass is 545 g/mol. The van der Waals surface area contributed by atoms with Gasteiger partial charge in [-0.05, 0) is 53.7 Å². The zero-order valence-corrected chi connectivity index (χ0v) is 23.2. The van der Waals surface area contributed by atoms with Crippen molar-refractivity contribution in [3.63, 3.8) is 0 Å². The Balaban J connectivity index is 2.02. The molecule has 0 spiro atoms. The third kappa shape index (κ3) is 5.57. The summed E-state index contributed by atoms with van der Waals surface area (Å²) in [5, 5.41) is 3.42. The van der Waals surface area contributed by atoms with Gasteiger partial charge in [-0.2, -0.15) is 4.18 Å². The van der Waals surface area contributed by atoms with Crippen LogP contribution in [-0.2, 0) is 22.0 Å². The highest BCUT2D eigenvalue weighted by molar-refractivity contribution is 7.94. The molecule has 1 N–H and O–H groups in total. The lowest BCUT2D eigenvalue weighted by molar-refractivity contribution is 0.102. The number of fused-ring (bicyclic) bond motifs is 1. The Hall–Kier alpha value is -1.71. The fourth-order valence-corrected chi connectivity index (χ4v) is 7.16. The number of carbonyl (C=O) groups excluding carboxylic acids is 1. The first-order chi connectivity index (χ1) is 15.8. The maximum absolute atomic E-state index is 13.2. The lowest BCUT2D eigenvalue weighted by Gasteiger charge is -2.28. The summed E-state index contributed by atoms with van der Waals surface area (Å²) >= 11 is 18.7. The van der Waals surface area contributed by atoms with E-state index in [2.05, 4.69) is 56.8 Å². The molecule has 11 heteroatoms. The topological polar surface area (TPSA) is 77.8 Å². The van der Waals surface area contributed by atoms with Crippen LogP contribution in [0.2, 0.25) is 15.2 Å². The van der Waals surface area contributed by atoms with Crippen molar-refractivity contribution in [3.8, 4) is 5.75 Å². The van der Waals surface area contributed by atoms with Gasteiger partial charge in [0, 0.05) is 12.4 Å². The molecule has 3 aromatic heterocycles. The van der Waals surface area contributed by atoms with Crippen molar-refractivity contribution in [2.24, 2.45) is 0 Å². The number of aromatic nitrogens is 3. The lowest BCUT2D eigenvalue weighted by Crippen LogP contribution is -2.43. The molecule has 0 radical (unpaired) electrons. The van der Waals surface area contributed by atoms with E-state index in [0.717, 1.165) is 0 Å². The first-order valence-electron chi connectivity index (χ1n) is 10.5. The number of hydrogen-bond acceptors (Lipinski definition) is 5. The van der Waals surface area contributed by atoms with Crippen LogP contribution in [0.3, 0.4) is 0 Å². The highest BCUT2D eigenvalue weighted by Gasteiger charge is 2.47. The molecule has 0 unspecified atom stereocenters. The molecule has 3 rings (SSSR count). The van der Waals surface area contributed by atoms with Crippen molar-refractivity contribution in [1.82, 2.24) is 14.4 Å². The Morgan fingerprint density at radius 2 is 1.65 bits per heavy atom. The largest absolute Gasteiger partial charge is 0.493 e. The molecule has 0 aliphatic heterocycles. The molecule has 1 amide bonds. The van der Waals surface area contributed by atoms with Crippen molar-refractivity contribution in [1.29, 1.82) is 0 Å². The molecule has 3 aromatic rings. The molecule has 0 saturated carbocycles. The number of methoxy groups -OCH3 is 1. The minimum absolute atomic E-state index is 0.0737. The first kappa shape index (κ1) is 26.9. The highest BCUT2D eigenvalue weighted by atomic mass is 35.5. The van der Waals surface area contributed by atoms with E-state index < -0.39 is 17.1 Å². The van der Waals surface area contributed by atoms with Crippen LogP contribution in [0.4, 0.5) is 5.69 Å². The van der Waals surface area contributed by atoms with Gasteiger partial charge in [-0.1, -0.05) is 34.8 Å². The first-order valence-corrected chi connectivity index (χ1v) is 12.8. The summed E-state index contributed by atoms with van der Waals surface area (Å²) in [5.74, 6) is -0.00567. The van der Waals surface area contributed by atoms with Crippen LogP contribution in [-0.4, -0.2) is 36.9 Å². The number of halogens is 3. The van der Waals surface area contributed by atoms with Crippen molar-refractivity contribution in [2.75, 3.05) is 12.4 Å². The molecule has 0 atom stereocenters. The second kappa shape index (κ2) is 10.1. The van der Waals surface area contributed by atoms with E-state index in [0.29, 0.717) is 17.1 Å². The molecule has 0 saturated heterocycles. The molecule has 0 fully saturated rings. The smallest absolute Gasteiger partial charge is 0.272 e. The van der Waals surface area contributed by atoms with E-state index in [1.165, 1.54) is 23.9 Å². The van der Waals surface area contributed by atoms with Crippen LogP contribution >= 0.6 is 34.8 Å². The predicted octanol–water partition coefficient (Wildman–Crippen LogP) is 6.60. The maximum Gasteiger partial charge on any atom is 0.272 e. The number of anilines is 1. The summed E-state index contributed by atoms with van der Waals surface area (Å²) in [6.07, 6.45) is 2.79. The maximum atomic E-state index is 13.2. The van der Waals surface area contributed by atoms with Crippen LogP contribution < -0.4 is 10.1 Å². The average molecular weight is 547 g/mol. The molecule has 0 aromatic carbocycles. The van der Waals surface area contributed by atoms with E-state index in [4.69, 9.17) is 43.7 Å². The number of hydrogen-bond donors (Lipinski definition) is 1. The van der Waals surface area contributed by atoms with Gasteiger partial charge in [-0.25, -0.2) is 4.98 Å². The predicted molar refractivity (Wildman–Crippen MR) is 141 cm³/mol. The van der Waals surface area contributed by atoms with Crippen molar-refractivity contribution < 1.29 is 13.7 Å². The van der Waals surface area contributed by atoms with Crippen molar-refractivity contribution in [3.05, 3.63) is 51.1 Å². The Morgan fingerprint density at radius 1 is 1.06 bits per heavy atom. The van der Waals surface area contributed by atoms with Gasteiger partial charge in [0.15, 0.2) is 32.1 Å². The molecular formula is C23H28Cl3N4O3S+. The second-order valence-corrected chi connectivity index (χ2v) is 13.9. The summed E-state index contributed by atoms with van der Waals surface area (Å²) < 4.78 is 13.2. The number of carbonyl (C=O) groups is 1. The summed E-state index contributed by atoms with van der Waals surface area (Å²) in [6.45, 7) is 13.1. The van der Waals surface area contributed by atoms with Crippen molar-refractivity contribution in [2.45, 2.75) is 57.6 Å². The molecule has 7 nitrogen and oxygen atoms in total. The Labute approximate surface area is 217 Å². The Morgan fingerprint density at radius 3 is 2.18 bits per heavy atom. The van der Waals surface area contributed by atoms with Gasteiger partial charge < -0.3 is 10.1 Å². The summed E-state index contributed by atoms with van der Waals surface area (Å²) in [5.41, 5.74) is 1.39. The summed E-state index contributed by atoms with van der Waals surface area (Å²) in [4.78, 5) is 21.7. The number of imidazole rings is 1. The van der Waals surface area contributed by atoms with Gasteiger partial charge >= 0.3 is 0 Å². The lowest BCUT2D eigenvalue weighted by atomic mass is 10.2. The normalized spacial score (nSPS) is 12.4. The second-order valence-electron chi connectivity index (χ2n) is 9.48. The minimum atomic E-state index is -0.474. The number of rotatable bonds is 6. The standard InChI is InChI=1S/C23H27Cl3N4O3S/c1-22(2,3)34(23(4,5)6)33-12-15-19(26)30-16(8-9-17(32-7)20(30)28-15)21(31)29-18-13(24)10-27-11-14(18)25/h8-11H,12H2,1-7H3/p+1. The number of amides is 1. The number of nitrogens with zero attached hydrogens (tertiary/aromatic N) is 3. The zero-order chi connectivity index (χ0) is 25.4. The fourth-order valence-electron chi connectivity index (χ4n) is 3.66. The Kier molecular flexibility index (Phi) is 7.99. The molecule has 3 heterocycles. The third-order valence-electron chi connectivity index (χ3n) is 4.71. The van der Waals surface area contributed by atoms with Crippen LogP contribution in [0.15, 0.2) is 24.5 Å². The van der Waals surface area contributed by atoms with E-state index in [-0.39, 0.29) is 42.7 Å². The zero-order valence-electron chi connectivity index (χ0n) is 20.1. The van der Waals surface area contributed by atoms with Gasteiger partial charge in [0.2, 0.25) is 0 Å². The van der Waals surface area contributed by atoms with E-state index >= 15 is 0 Å². The van der Waals surface area contributed by atoms with E-state index in [9.17, 15) is 4.79 Å². The fraction of sp³-hybridized carbons (Fsp3) is 0.435. The third-order valence-corrected chi connectivity index (χ3v) is 8.25. The van der Waals surface area contributed by atoms with Crippen LogP contribution in [0.5, 0.6) is 5.75 Å². The minimum Gasteiger partial charge on any atom is -0.493 e. The van der Waals surface area contributed by atoms with Crippen molar-refractivity contribution >= 4 is 63.2 Å². The molecule has 0 bridgehead atoms. The number of nitrogens with one attached hydrogen (secondary N) is 1. The van der Waals surface area contributed by atoms with Crippen LogP contribution in [0.25, 0.3) is 5.65 Å². The van der Waals surface area contributed by atoms with Gasteiger partial charge in [0.25, 0.3) is 5.91 Å². The van der Waals surface area contributed by atoms with Gasteiger partial charge in [0.05, 0.1) is 22.8 Å². The summed E-state index contributed by atoms with van der Waals surface area (Å²) in [6, 6.07) is 3.25. The van der Waals surface area contributed by atoms with Crippen LogP contribution in [0.1, 0.15) is 57.7 Å². The molecule has 34 heavy (non-hydrogen) atoms. The van der Waals surface area contributed by atoms with Crippen LogP contribution in [0, 0.1) is 0 Å². The molecular weight excluding hydrogens is 519 g/mol. The molecule has 0 aliphatic carbocycles. The van der Waals surface area contributed by atoms with Gasteiger partial charge in [0.1, 0.15) is 23.1 Å².